The smallest absolute Gasteiger partial charge is 0.339 e. The van der Waals surface area contributed by atoms with E-state index in [0.717, 1.165) is 62.7 Å². The number of halogens is 1. The second kappa shape index (κ2) is 11.6. The number of hydrogen-bond donors (Lipinski definition) is 0. The van der Waals surface area contributed by atoms with E-state index in [-0.39, 0.29) is 0 Å². The molecule has 0 bridgehead atoms. The van der Waals surface area contributed by atoms with Crippen molar-refractivity contribution < 1.29 is 14.3 Å². The predicted octanol–water partition coefficient (Wildman–Crippen LogP) is 6.55. The monoisotopic (exact) mass is 593 g/mol. The van der Waals surface area contributed by atoms with E-state index in [4.69, 9.17) is 31.0 Å². The fraction of sp³-hybridized carbons (Fsp3) is 0.419. The number of thiazole rings is 1. The van der Waals surface area contributed by atoms with Gasteiger partial charge in [-0.15, -0.1) is 11.3 Å². The Morgan fingerprint density at radius 1 is 1.17 bits per heavy atom. The second-order valence-electron chi connectivity index (χ2n) is 11.6. The first-order valence-electron chi connectivity index (χ1n) is 13.7. The molecule has 0 amide bonds. The molecule has 1 aliphatic heterocycles. The van der Waals surface area contributed by atoms with Crippen molar-refractivity contribution in [2.24, 2.45) is 0 Å². The van der Waals surface area contributed by atoms with E-state index in [1.807, 2.05) is 64.1 Å². The maximum atomic E-state index is 13.2. The molecule has 5 rings (SSSR count). The molecule has 4 aromatic rings. The second-order valence-corrected chi connectivity index (χ2v) is 13.0. The highest BCUT2D eigenvalue weighted by Gasteiger charge is 2.33. The Labute approximate surface area is 250 Å². The number of ether oxygens (including phenoxy) is 2. The number of anilines is 1. The zero-order valence-corrected chi connectivity index (χ0v) is 26.1. The van der Waals surface area contributed by atoms with Gasteiger partial charge in [-0.2, -0.15) is 0 Å². The first kappa shape index (κ1) is 29.4. The van der Waals surface area contributed by atoms with Crippen LogP contribution in [0.15, 0.2) is 42.6 Å². The average molecular weight is 594 g/mol. The van der Waals surface area contributed by atoms with Crippen molar-refractivity contribution in [1.82, 2.24) is 19.9 Å². The fourth-order valence-corrected chi connectivity index (χ4v) is 6.43. The van der Waals surface area contributed by atoms with Gasteiger partial charge >= 0.3 is 5.97 Å². The first-order valence-corrected chi connectivity index (χ1v) is 14.8. The van der Waals surface area contributed by atoms with Crippen LogP contribution in [0, 0.1) is 6.92 Å². The number of esters is 1. The van der Waals surface area contributed by atoms with Gasteiger partial charge in [0, 0.05) is 41.5 Å². The molecule has 0 spiro atoms. The maximum Gasteiger partial charge on any atom is 0.339 e. The lowest BCUT2D eigenvalue weighted by molar-refractivity contribution is -0.164. The number of carbonyl (C=O) groups excluding carboxylic acids is 1. The summed E-state index contributed by atoms with van der Waals surface area (Å²) in [6.45, 7) is 9.57. The van der Waals surface area contributed by atoms with Crippen LogP contribution in [-0.2, 0) is 14.3 Å². The summed E-state index contributed by atoms with van der Waals surface area (Å²) in [6, 6.07) is 12.0. The molecule has 2 aromatic heterocycles. The van der Waals surface area contributed by atoms with Crippen LogP contribution in [0.5, 0.6) is 0 Å². The molecule has 2 aromatic carbocycles. The lowest BCUT2D eigenvalue weighted by Crippen LogP contribution is -2.32. The van der Waals surface area contributed by atoms with Gasteiger partial charge in [-0.05, 0) is 83.6 Å². The number of benzene rings is 2. The molecule has 2 atom stereocenters. The van der Waals surface area contributed by atoms with E-state index in [2.05, 4.69) is 28.9 Å². The molecule has 8 nitrogen and oxygen atoms in total. The van der Waals surface area contributed by atoms with Crippen molar-refractivity contribution in [2.75, 3.05) is 39.2 Å². The molecule has 10 heteroatoms. The van der Waals surface area contributed by atoms with Gasteiger partial charge in [0.15, 0.2) is 6.10 Å². The zero-order chi connectivity index (χ0) is 29.5. The van der Waals surface area contributed by atoms with Gasteiger partial charge < -0.3 is 19.3 Å². The highest BCUT2D eigenvalue weighted by Crippen LogP contribution is 2.44. The van der Waals surface area contributed by atoms with Crippen LogP contribution < -0.4 is 4.90 Å². The molecule has 0 N–H and O–H groups in total. The van der Waals surface area contributed by atoms with E-state index in [9.17, 15) is 4.79 Å². The van der Waals surface area contributed by atoms with Crippen LogP contribution in [0.1, 0.15) is 44.4 Å². The number of aromatic nitrogens is 3. The molecule has 1 aliphatic rings. The van der Waals surface area contributed by atoms with Crippen LogP contribution in [0.4, 0.5) is 5.95 Å². The quantitative estimate of drug-likeness (QED) is 0.223. The summed E-state index contributed by atoms with van der Waals surface area (Å²) in [7, 11) is 5.60. The maximum absolute atomic E-state index is 13.2. The summed E-state index contributed by atoms with van der Waals surface area (Å²) >= 11 is 7.80. The van der Waals surface area contributed by atoms with E-state index >= 15 is 0 Å². The minimum absolute atomic E-state index is 0.454. The Morgan fingerprint density at radius 3 is 2.54 bits per heavy atom. The lowest BCUT2D eigenvalue weighted by Gasteiger charge is -2.28. The number of likely N-dealkylation sites (N-methyl/N-ethyl adjacent to an activating group) is 1. The summed E-state index contributed by atoms with van der Waals surface area (Å²) in [4.78, 5) is 32.2. The van der Waals surface area contributed by atoms with Gasteiger partial charge in [0.1, 0.15) is 10.7 Å². The van der Waals surface area contributed by atoms with Gasteiger partial charge in [0.25, 0.3) is 0 Å². The summed E-state index contributed by atoms with van der Waals surface area (Å²) in [5, 5.41) is 1.41. The topological polar surface area (TPSA) is 80.7 Å². The van der Waals surface area contributed by atoms with E-state index in [1.165, 1.54) is 7.11 Å². The molecular formula is C31H36ClN5O3S. The van der Waals surface area contributed by atoms with Crippen molar-refractivity contribution in [1.29, 1.82) is 0 Å². The minimum atomic E-state index is -0.925. The number of hydrogen-bond acceptors (Lipinski definition) is 9. The number of nitrogens with zero attached hydrogens (tertiary/aromatic N) is 5. The van der Waals surface area contributed by atoms with Crippen molar-refractivity contribution in [3.8, 4) is 21.8 Å². The van der Waals surface area contributed by atoms with Gasteiger partial charge in [-0.25, -0.2) is 19.7 Å². The number of fused-ring (bicyclic) bond motifs is 1. The fourth-order valence-electron chi connectivity index (χ4n) is 5.21. The van der Waals surface area contributed by atoms with Crippen LogP contribution in [0.25, 0.3) is 32.0 Å². The summed E-state index contributed by atoms with van der Waals surface area (Å²) in [5.41, 5.74) is 4.43. The Bertz CT molecular complexity index is 1560. The third-order valence-corrected chi connectivity index (χ3v) is 8.61. The molecule has 1 fully saturated rings. The van der Waals surface area contributed by atoms with Crippen LogP contribution >= 0.6 is 22.9 Å². The first-order chi connectivity index (χ1) is 19.4. The average Bonchev–Trinajstić information content (AvgIpc) is 3.59. The Balaban J connectivity index is 1.67. The molecule has 3 heterocycles. The van der Waals surface area contributed by atoms with Gasteiger partial charge in [-0.1, -0.05) is 23.7 Å². The van der Waals surface area contributed by atoms with Crippen molar-refractivity contribution in [2.45, 2.75) is 51.9 Å². The van der Waals surface area contributed by atoms with E-state index in [1.54, 1.807) is 17.5 Å². The predicted molar refractivity (Wildman–Crippen MR) is 166 cm³/mol. The normalized spacial score (nSPS) is 16.5. The van der Waals surface area contributed by atoms with E-state index in [0.29, 0.717) is 17.0 Å². The van der Waals surface area contributed by atoms with Gasteiger partial charge in [0.2, 0.25) is 5.95 Å². The molecule has 1 saturated heterocycles. The van der Waals surface area contributed by atoms with Crippen molar-refractivity contribution >= 4 is 45.1 Å². The molecule has 0 radical (unpaired) electrons. The number of carbonyl (C=O) groups is 1. The number of rotatable bonds is 7. The van der Waals surface area contributed by atoms with Crippen LogP contribution in [0.2, 0.25) is 5.02 Å². The lowest BCUT2D eigenvalue weighted by atomic mass is 9.91. The largest absolute Gasteiger partial charge is 0.467 e. The number of aryl methyl sites for hydroxylation is 1. The third kappa shape index (κ3) is 6.23. The Hall–Kier alpha value is -3.11. The molecule has 216 valence electrons. The highest BCUT2D eigenvalue weighted by molar-refractivity contribution is 7.22. The summed E-state index contributed by atoms with van der Waals surface area (Å²) in [5.74, 6) is 0.259. The molecular weight excluding hydrogens is 558 g/mol. The molecule has 0 aliphatic carbocycles. The van der Waals surface area contributed by atoms with Gasteiger partial charge in [0.05, 0.1) is 22.9 Å². The molecule has 0 saturated carbocycles. The standard InChI is InChI=1S/C31H36ClN5O3S/c1-18-16-23-27(41-28(34-23)22-12-14-33-30(35-22)37-15-13-21(17-37)36(5)6)25(19-8-10-20(32)11-9-19)24(18)26(29(38)39-7)40-31(2,3)4/h8-12,14,16,21,26H,13,15,17H2,1-7H3/t21-,26+/m1/s1. The summed E-state index contributed by atoms with van der Waals surface area (Å²) < 4.78 is 12.5. The summed E-state index contributed by atoms with van der Waals surface area (Å²) in [6.07, 6.45) is 1.95. The Kier molecular flexibility index (Phi) is 8.34. The van der Waals surface area contributed by atoms with Gasteiger partial charge in [-0.3, -0.25) is 0 Å². The van der Waals surface area contributed by atoms with Crippen LogP contribution in [0.3, 0.4) is 0 Å². The van der Waals surface area contributed by atoms with Crippen molar-refractivity contribution in [3.63, 3.8) is 0 Å². The Morgan fingerprint density at radius 2 is 1.90 bits per heavy atom. The van der Waals surface area contributed by atoms with Crippen molar-refractivity contribution in [3.05, 3.63) is 58.7 Å². The SMILES string of the molecule is COC(=O)[C@@H](OC(C)(C)C)c1c(C)cc2nc(-c3ccnc(N4CC[C@@H](N(C)C)C4)n3)sc2c1-c1ccc(Cl)cc1. The molecule has 0 unspecified atom stereocenters. The van der Waals surface area contributed by atoms with Crippen LogP contribution in [-0.4, -0.2) is 71.8 Å². The molecule has 41 heavy (non-hydrogen) atoms. The zero-order valence-electron chi connectivity index (χ0n) is 24.6. The third-order valence-electron chi connectivity index (χ3n) is 7.25. The van der Waals surface area contributed by atoms with E-state index < -0.39 is 17.7 Å². The minimum Gasteiger partial charge on any atom is -0.467 e. The number of methoxy groups -OCH3 is 1. The highest BCUT2D eigenvalue weighted by atomic mass is 35.5.